The summed E-state index contributed by atoms with van der Waals surface area (Å²) < 4.78 is 38.1. The van der Waals surface area contributed by atoms with E-state index in [0.29, 0.717) is 18.0 Å². The van der Waals surface area contributed by atoms with Gasteiger partial charge in [0.25, 0.3) is 0 Å². The van der Waals surface area contributed by atoms with Crippen molar-refractivity contribution in [3.8, 4) is 11.5 Å². The second-order valence-corrected chi connectivity index (χ2v) is 8.21. The first-order chi connectivity index (χ1) is 10.8. The van der Waals surface area contributed by atoms with Crippen LogP contribution >= 0.6 is 0 Å². The predicted octanol–water partition coefficient (Wildman–Crippen LogP) is 1.81. The van der Waals surface area contributed by atoms with Crippen LogP contribution in [0.4, 0.5) is 0 Å². The molecule has 0 heterocycles. The zero-order valence-corrected chi connectivity index (χ0v) is 15.3. The lowest BCUT2D eigenvalue weighted by Crippen LogP contribution is -2.57. The molecule has 23 heavy (non-hydrogen) atoms. The molecule has 1 aromatic carbocycles. The number of hydrogen-bond acceptors (Lipinski definition) is 5. The maximum absolute atomic E-state index is 13.1. The molecule has 2 rings (SSSR count). The van der Waals surface area contributed by atoms with Crippen molar-refractivity contribution >= 4 is 10.0 Å². The molecule has 0 saturated heterocycles. The molecule has 0 atom stereocenters. The summed E-state index contributed by atoms with van der Waals surface area (Å²) in [7, 11) is 4.83. The molecular formula is C16H26N2O4S. The molecule has 0 radical (unpaired) electrons. The molecular weight excluding hydrogens is 316 g/mol. The Kier molecular flexibility index (Phi) is 5.23. The molecule has 0 spiro atoms. The van der Waals surface area contributed by atoms with E-state index in [1.807, 2.05) is 14.1 Å². The topological polar surface area (TPSA) is 59.1 Å². The number of likely N-dealkylation sites (N-methyl/N-ethyl adjacent to an activating group) is 2. The van der Waals surface area contributed by atoms with E-state index in [4.69, 9.17) is 9.47 Å². The van der Waals surface area contributed by atoms with E-state index in [-0.39, 0.29) is 10.4 Å². The van der Waals surface area contributed by atoms with Crippen LogP contribution in [0.5, 0.6) is 11.5 Å². The highest BCUT2D eigenvalue weighted by molar-refractivity contribution is 7.89. The molecule has 1 fully saturated rings. The molecule has 1 aliphatic carbocycles. The van der Waals surface area contributed by atoms with Crippen LogP contribution in [-0.4, -0.2) is 65.1 Å². The van der Waals surface area contributed by atoms with Gasteiger partial charge in [0.1, 0.15) is 11.5 Å². The Bertz CT molecular complexity index is 632. The molecule has 0 aliphatic heterocycles. The van der Waals surface area contributed by atoms with E-state index in [1.54, 1.807) is 25.2 Å². The summed E-state index contributed by atoms with van der Waals surface area (Å²) in [6.45, 7) is 0.448. The van der Waals surface area contributed by atoms with Gasteiger partial charge in [0.2, 0.25) is 10.0 Å². The smallest absolute Gasteiger partial charge is 0.250 e. The molecule has 0 aromatic heterocycles. The average Bonchev–Trinajstić information content (AvgIpc) is 2.48. The van der Waals surface area contributed by atoms with Crippen molar-refractivity contribution < 1.29 is 17.9 Å². The zero-order valence-electron chi connectivity index (χ0n) is 14.5. The minimum Gasteiger partial charge on any atom is -0.495 e. The average molecular weight is 342 g/mol. The van der Waals surface area contributed by atoms with Gasteiger partial charge in [-0.2, -0.15) is 4.31 Å². The summed E-state index contributed by atoms with van der Waals surface area (Å²) >= 11 is 0. The Labute approximate surface area is 139 Å². The van der Waals surface area contributed by atoms with Crippen molar-refractivity contribution in [1.82, 2.24) is 9.21 Å². The van der Waals surface area contributed by atoms with Crippen molar-refractivity contribution in [3.05, 3.63) is 18.2 Å². The highest BCUT2D eigenvalue weighted by Gasteiger charge is 2.43. The number of hydrogen-bond donors (Lipinski definition) is 0. The van der Waals surface area contributed by atoms with E-state index in [2.05, 4.69) is 4.90 Å². The molecule has 1 aliphatic rings. The SMILES string of the molecule is COc1cccc(OC)c1S(=O)(=O)N(C)CC1(N(C)C)CCC1. The lowest BCUT2D eigenvalue weighted by molar-refractivity contribution is 0.0454. The molecule has 6 nitrogen and oxygen atoms in total. The fraction of sp³-hybridized carbons (Fsp3) is 0.625. The summed E-state index contributed by atoms with van der Waals surface area (Å²) in [5, 5.41) is 0. The number of ether oxygens (including phenoxy) is 2. The minimum atomic E-state index is -3.71. The summed E-state index contributed by atoms with van der Waals surface area (Å²) in [6.07, 6.45) is 3.13. The van der Waals surface area contributed by atoms with Crippen LogP contribution in [0.1, 0.15) is 19.3 Å². The fourth-order valence-electron chi connectivity index (χ4n) is 3.06. The van der Waals surface area contributed by atoms with Gasteiger partial charge in [-0.1, -0.05) is 6.07 Å². The third-order valence-electron chi connectivity index (χ3n) is 4.80. The van der Waals surface area contributed by atoms with Crippen LogP contribution in [0.2, 0.25) is 0 Å². The second kappa shape index (κ2) is 6.67. The number of nitrogens with zero attached hydrogens (tertiary/aromatic N) is 2. The van der Waals surface area contributed by atoms with Gasteiger partial charge in [0, 0.05) is 19.1 Å². The molecule has 0 bridgehead atoms. The van der Waals surface area contributed by atoms with Gasteiger partial charge in [0.05, 0.1) is 14.2 Å². The number of sulfonamides is 1. The lowest BCUT2D eigenvalue weighted by atomic mass is 9.75. The fourth-order valence-corrected chi connectivity index (χ4v) is 4.59. The van der Waals surface area contributed by atoms with Gasteiger partial charge in [-0.15, -0.1) is 0 Å². The van der Waals surface area contributed by atoms with Crippen LogP contribution < -0.4 is 9.47 Å². The summed E-state index contributed by atoms with van der Waals surface area (Å²) in [5.74, 6) is 0.590. The Morgan fingerprint density at radius 2 is 1.61 bits per heavy atom. The van der Waals surface area contributed by atoms with Crippen molar-refractivity contribution in [2.75, 3.05) is 41.9 Å². The first kappa shape index (κ1) is 18.0. The van der Waals surface area contributed by atoms with Crippen LogP contribution in [-0.2, 0) is 10.0 Å². The van der Waals surface area contributed by atoms with Gasteiger partial charge in [-0.3, -0.25) is 0 Å². The van der Waals surface area contributed by atoms with Crippen molar-refractivity contribution in [2.45, 2.75) is 29.7 Å². The van der Waals surface area contributed by atoms with Crippen molar-refractivity contribution in [1.29, 1.82) is 0 Å². The molecule has 0 N–H and O–H groups in total. The Balaban J connectivity index is 2.38. The highest BCUT2D eigenvalue weighted by Crippen LogP contribution is 2.39. The normalized spacial score (nSPS) is 17.2. The summed E-state index contributed by atoms with van der Waals surface area (Å²) in [4.78, 5) is 2.21. The molecule has 0 unspecified atom stereocenters. The molecule has 1 saturated carbocycles. The number of rotatable bonds is 7. The van der Waals surface area contributed by atoms with Crippen LogP contribution in [0.25, 0.3) is 0 Å². The summed E-state index contributed by atoms with van der Waals surface area (Å²) in [6, 6.07) is 4.98. The molecule has 7 heteroatoms. The van der Waals surface area contributed by atoms with Crippen LogP contribution in [0.15, 0.2) is 23.1 Å². The third kappa shape index (κ3) is 3.18. The van der Waals surface area contributed by atoms with Gasteiger partial charge in [0.15, 0.2) is 4.90 Å². The maximum atomic E-state index is 13.1. The quantitative estimate of drug-likeness (QED) is 0.756. The largest absolute Gasteiger partial charge is 0.495 e. The standard InChI is InChI=1S/C16H26N2O4S/c1-17(2)16(10-7-11-16)12-18(3)23(19,20)15-13(21-4)8-6-9-14(15)22-5/h6,8-9H,7,10-12H2,1-5H3. The van der Waals surface area contributed by atoms with Crippen LogP contribution in [0.3, 0.4) is 0 Å². The van der Waals surface area contributed by atoms with Gasteiger partial charge in [-0.25, -0.2) is 8.42 Å². The Morgan fingerprint density at radius 3 is 1.96 bits per heavy atom. The van der Waals surface area contributed by atoms with Crippen molar-refractivity contribution in [2.24, 2.45) is 0 Å². The third-order valence-corrected chi connectivity index (χ3v) is 6.67. The second-order valence-electron chi connectivity index (χ2n) is 6.23. The van der Waals surface area contributed by atoms with Crippen LogP contribution in [0, 0.1) is 0 Å². The zero-order chi connectivity index (χ0) is 17.3. The predicted molar refractivity (Wildman–Crippen MR) is 89.6 cm³/mol. The maximum Gasteiger partial charge on any atom is 0.250 e. The number of methoxy groups -OCH3 is 2. The lowest BCUT2D eigenvalue weighted by Gasteiger charge is -2.49. The monoisotopic (exact) mass is 342 g/mol. The first-order valence-electron chi connectivity index (χ1n) is 7.63. The summed E-state index contributed by atoms with van der Waals surface area (Å²) in [5.41, 5.74) is -0.0862. The van der Waals surface area contributed by atoms with E-state index in [0.717, 1.165) is 19.3 Å². The Morgan fingerprint density at radius 1 is 1.09 bits per heavy atom. The highest BCUT2D eigenvalue weighted by atomic mass is 32.2. The van der Waals surface area contributed by atoms with Gasteiger partial charge >= 0.3 is 0 Å². The van der Waals surface area contributed by atoms with E-state index < -0.39 is 10.0 Å². The van der Waals surface area contributed by atoms with E-state index >= 15 is 0 Å². The Hall–Kier alpha value is -1.31. The number of benzene rings is 1. The molecule has 1 aromatic rings. The van der Waals surface area contributed by atoms with E-state index in [1.165, 1.54) is 18.5 Å². The molecule has 130 valence electrons. The minimum absolute atomic E-state index is 0.0840. The van der Waals surface area contributed by atoms with E-state index in [9.17, 15) is 8.42 Å². The van der Waals surface area contributed by atoms with Crippen molar-refractivity contribution in [3.63, 3.8) is 0 Å². The molecule has 0 amide bonds. The van der Waals surface area contributed by atoms with Gasteiger partial charge < -0.3 is 14.4 Å². The van der Waals surface area contributed by atoms with Gasteiger partial charge in [-0.05, 0) is 45.5 Å². The first-order valence-corrected chi connectivity index (χ1v) is 9.07.